The maximum atomic E-state index is 9.23. The molecule has 2 nitrogen and oxygen atoms in total. The van der Waals surface area contributed by atoms with Gasteiger partial charge >= 0.3 is 0 Å². The lowest BCUT2D eigenvalue weighted by atomic mass is 10.2. The van der Waals surface area contributed by atoms with Gasteiger partial charge in [0.1, 0.15) is 0 Å². The Bertz CT molecular complexity index is 356. The third-order valence-corrected chi connectivity index (χ3v) is 4.65. The zero-order chi connectivity index (χ0) is 10.8. The van der Waals surface area contributed by atoms with Crippen LogP contribution in [0.1, 0.15) is 0 Å². The number of likely N-dealkylation sites (N-methyl/N-ethyl adjacent to an activating group) is 1. The topological polar surface area (TPSA) is 23.5 Å². The molecular formula is C11H15NOS2. The maximum Gasteiger partial charge on any atom is 0.0643 e. The molecule has 0 amide bonds. The van der Waals surface area contributed by atoms with E-state index in [9.17, 15) is 5.11 Å². The first kappa shape index (κ1) is 11.2. The van der Waals surface area contributed by atoms with Crippen LogP contribution in [0.25, 0.3) is 0 Å². The van der Waals surface area contributed by atoms with E-state index in [0.717, 1.165) is 5.75 Å². The zero-order valence-corrected chi connectivity index (χ0v) is 10.6. The Labute approximate surface area is 99.1 Å². The predicted molar refractivity (Wildman–Crippen MR) is 68.2 cm³/mol. The van der Waals surface area contributed by atoms with Crippen LogP contribution in [0.3, 0.4) is 0 Å². The van der Waals surface area contributed by atoms with E-state index in [4.69, 9.17) is 0 Å². The molecule has 15 heavy (non-hydrogen) atoms. The summed E-state index contributed by atoms with van der Waals surface area (Å²) < 4.78 is 0. The van der Waals surface area contributed by atoms with Crippen LogP contribution in [0.2, 0.25) is 0 Å². The van der Waals surface area contributed by atoms with E-state index < -0.39 is 0 Å². The van der Waals surface area contributed by atoms with Gasteiger partial charge in [0.15, 0.2) is 0 Å². The van der Waals surface area contributed by atoms with E-state index in [2.05, 4.69) is 36.4 Å². The Kier molecular flexibility index (Phi) is 3.49. The highest BCUT2D eigenvalue weighted by atomic mass is 32.2. The summed E-state index contributed by atoms with van der Waals surface area (Å²) in [5.74, 6) is 0.970. The van der Waals surface area contributed by atoms with Crippen molar-refractivity contribution in [1.82, 2.24) is 0 Å². The zero-order valence-electron chi connectivity index (χ0n) is 8.93. The molecule has 1 aliphatic rings. The molecule has 1 unspecified atom stereocenters. The number of fused-ring (bicyclic) bond motifs is 1. The first-order valence-electron chi connectivity index (χ1n) is 4.90. The number of thioether (sulfide) groups is 2. The summed E-state index contributed by atoms with van der Waals surface area (Å²) >= 11 is 3.61. The van der Waals surface area contributed by atoms with Gasteiger partial charge in [-0.2, -0.15) is 0 Å². The summed E-state index contributed by atoms with van der Waals surface area (Å²) in [5, 5.41) is 9.23. The molecule has 1 heterocycles. The van der Waals surface area contributed by atoms with Crippen LogP contribution in [0.15, 0.2) is 28.0 Å². The van der Waals surface area contributed by atoms with Gasteiger partial charge in [0.25, 0.3) is 0 Å². The third-order valence-electron chi connectivity index (χ3n) is 2.74. The molecule has 0 aromatic heterocycles. The first-order valence-corrected chi connectivity index (χ1v) is 7.12. The van der Waals surface area contributed by atoms with Crippen molar-refractivity contribution in [2.24, 2.45) is 0 Å². The highest BCUT2D eigenvalue weighted by molar-refractivity contribution is 8.00. The average molecular weight is 241 g/mol. The molecule has 0 saturated heterocycles. The average Bonchev–Trinajstić information content (AvgIpc) is 2.29. The highest BCUT2D eigenvalue weighted by Gasteiger charge is 2.23. The normalized spacial score (nSPS) is 20.2. The van der Waals surface area contributed by atoms with E-state index in [1.807, 2.05) is 11.8 Å². The lowest BCUT2D eigenvalue weighted by Crippen LogP contribution is -2.39. The number of nitrogens with zero attached hydrogens (tertiary/aromatic N) is 1. The molecule has 0 bridgehead atoms. The van der Waals surface area contributed by atoms with Crippen molar-refractivity contribution in [2.75, 3.05) is 30.6 Å². The summed E-state index contributed by atoms with van der Waals surface area (Å²) in [5.41, 5.74) is 1.24. The smallest absolute Gasteiger partial charge is 0.0643 e. The van der Waals surface area contributed by atoms with Crippen LogP contribution in [-0.2, 0) is 0 Å². The van der Waals surface area contributed by atoms with Crippen molar-refractivity contribution < 1.29 is 5.11 Å². The van der Waals surface area contributed by atoms with Crippen LogP contribution in [0, 0.1) is 0 Å². The molecule has 0 aliphatic carbocycles. The molecule has 1 aromatic carbocycles. The van der Waals surface area contributed by atoms with Gasteiger partial charge < -0.3 is 10.0 Å². The van der Waals surface area contributed by atoms with Crippen LogP contribution < -0.4 is 4.90 Å². The Morgan fingerprint density at radius 1 is 1.60 bits per heavy atom. The highest BCUT2D eigenvalue weighted by Crippen LogP contribution is 2.38. The van der Waals surface area contributed by atoms with Crippen molar-refractivity contribution in [2.45, 2.75) is 15.8 Å². The number of rotatable bonds is 2. The summed E-state index contributed by atoms with van der Waals surface area (Å²) in [7, 11) is 2.05. The minimum absolute atomic E-state index is 0.229. The largest absolute Gasteiger partial charge is 0.394 e. The molecule has 1 N–H and O–H groups in total. The maximum absolute atomic E-state index is 9.23. The summed E-state index contributed by atoms with van der Waals surface area (Å²) in [6, 6.07) is 6.77. The molecule has 4 heteroatoms. The Morgan fingerprint density at radius 2 is 2.40 bits per heavy atom. The van der Waals surface area contributed by atoms with E-state index in [0.29, 0.717) is 0 Å². The fraction of sp³-hybridized carbons (Fsp3) is 0.455. The summed E-state index contributed by atoms with van der Waals surface area (Å²) in [4.78, 5) is 4.81. The molecule has 2 rings (SSSR count). The molecule has 0 fully saturated rings. The SMILES string of the molecule is CSc1ccc2c(c1)SCC(CO)N2C. The van der Waals surface area contributed by atoms with Gasteiger partial charge in [-0.3, -0.25) is 0 Å². The van der Waals surface area contributed by atoms with Crippen LogP contribution in [0.4, 0.5) is 5.69 Å². The molecular weight excluding hydrogens is 226 g/mol. The van der Waals surface area contributed by atoms with Crippen LogP contribution in [-0.4, -0.2) is 36.8 Å². The third kappa shape index (κ3) is 2.12. The Balaban J connectivity index is 2.33. The van der Waals surface area contributed by atoms with E-state index >= 15 is 0 Å². The van der Waals surface area contributed by atoms with Crippen molar-refractivity contribution in [3.05, 3.63) is 18.2 Å². The Hall–Kier alpha value is -0.320. The van der Waals surface area contributed by atoms with Gasteiger partial charge in [-0.05, 0) is 24.5 Å². The number of hydrogen-bond donors (Lipinski definition) is 1. The van der Waals surface area contributed by atoms with Crippen LogP contribution in [0.5, 0.6) is 0 Å². The lowest BCUT2D eigenvalue weighted by Gasteiger charge is -2.34. The molecule has 0 radical (unpaired) electrons. The van der Waals surface area contributed by atoms with Gasteiger partial charge in [-0.15, -0.1) is 23.5 Å². The monoisotopic (exact) mass is 241 g/mol. The standard InChI is InChI=1S/C11H15NOS2/c1-12-8(6-13)7-15-11-5-9(14-2)3-4-10(11)12/h3-5,8,13H,6-7H2,1-2H3. The fourth-order valence-corrected chi connectivity index (χ4v) is 3.48. The van der Waals surface area contributed by atoms with E-state index in [1.54, 1.807) is 11.8 Å². The van der Waals surface area contributed by atoms with Crippen molar-refractivity contribution >= 4 is 29.2 Å². The molecule has 1 atom stereocenters. The van der Waals surface area contributed by atoms with Crippen LogP contribution >= 0.6 is 23.5 Å². The quantitative estimate of drug-likeness (QED) is 0.803. The minimum atomic E-state index is 0.229. The second kappa shape index (κ2) is 4.68. The number of benzene rings is 1. The summed E-state index contributed by atoms with van der Waals surface area (Å²) in [6.45, 7) is 0.229. The second-order valence-corrected chi connectivity index (χ2v) is 5.53. The summed E-state index contributed by atoms with van der Waals surface area (Å²) in [6.07, 6.45) is 2.09. The van der Waals surface area contributed by atoms with Crippen molar-refractivity contribution in [3.63, 3.8) is 0 Å². The molecule has 1 aromatic rings. The predicted octanol–water partition coefficient (Wildman–Crippen LogP) is 2.31. The molecule has 0 spiro atoms. The van der Waals surface area contributed by atoms with Gasteiger partial charge in [-0.25, -0.2) is 0 Å². The lowest BCUT2D eigenvalue weighted by molar-refractivity contribution is 0.271. The fourth-order valence-electron chi connectivity index (χ4n) is 1.70. The molecule has 0 saturated carbocycles. The number of aliphatic hydroxyl groups excluding tert-OH is 1. The Morgan fingerprint density at radius 3 is 3.07 bits per heavy atom. The van der Waals surface area contributed by atoms with Gasteiger partial charge in [0.2, 0.25) is 0 Å². The van der Waals surface area contributed by atoms with Gasteiger partial charge in [0, 0.05) is 22.6 Å². The minimum Gasteiger partial charge on any atom is -0.394 e. The van der Waals surface area contributed by atoms with Crippen molar-refractivity contribution in [1.29, 1.82) is 0 Å². The molecule has 1 aliphatic heterocycles. The molecule has 82 valence electrons. The van der Waals surface area contributed by atoms with E-state index in [-0.39, 0.29) is 12.6 Å². The van der Waals surface area contributed by atoms with Gasteiger partial charge in [0.05, 0.1) is 18.3 Å². The van der Waals surface area contributed by atoms with E-state index in [1.165, 1.54) is 15.5 Å². The number of hydrogen-bond acceptors (Lipinski definition) is 4. The number of anilines is 1. The number of aliphatic hydroxyl groups is 1. The first-order chi connectivity index (χ1) is 7.26. The second-order valence-electron chi connectivity index (χ2n) is 3.59. The van der Waals surface area contributed by atoms with Crippen molar-refractivity contribution in [3.8, 4) is 0 Å². The van der Waals surface area contributed by atoms with Gasteiger partial charge in [-0.1, -0.05) is 0 Å².